The monoisotopic (exact) mass is 237 g/mol. The van der Waals surface area contributed by atoms with Gasteiger partial charge in [0.2, 0.25) is 5.91 Å². The molecule has 0 spiro atoms. The van der Waals surface area contributed by atoms with Crippen molar-refractivity contribution in [1.82, 2.24) is 25.8 Å². The third-order valence-corrected chi connectivity index (χ3v) is 3.06. The molecule has 6 heteroatoms. The van der Waals surface area contributed by atoms with Gasteiger partial charge in [0.25, 0.3) is 0 Å². The van der Waals surface area contributed by atoms with Crippen LogP contribution in [0, 0.1) is 5.92 Å². The number of aromatic nitrogens is 3. The molecule has 1 saturated heterocycles. The molecular weight excluding hydrogens is 218 g/mol. The SMILES string of the molecule is O=C(NCCCc1ncn[nH]1)C1CCNCC1. The molecule has 1 fully saturated rings. The lowest BCUT2D eigenvalue weighted by atomic mass is 9.97. The summed E-state index contributed by atoms with van der Waals surface area (Å²) in [5.41, 5.74) is 0. The molecule has 0 bridgehead atoms. The molecule has 3 N–H and O–H groups in total. The number of carbonyl (C=O) groups is 1. The second-order valence-electron chi connectivity index (χ2n) is 4.35. The molecule has 1 aliphatic heterocycles. The number of H-pyrrole nitrogens is 1. The Morgan fingerprint density at radius 1 is 1.47 bits per heavy atom. The van der Waals surface area contributed by atoms with Crippen molar-refractivity contribution in [3.63, 3.8) is 0 Å². The molecule has 0 unspecified atom stereocenters. The number of aromatic amines is 1. The summed E-state index contributed by atoms with van der Waals surface area (Å²) in [5, 5.41) is 12.8. The zero-order valence-corrected chi connectivity index (χ0v) is 9.91. The number of rotatable bonds is 5. The summed E-state index contributed by atoms with van der Waals surface area (Å²) in [6.45, 7) is 2.62. The lowest BCUT2D eigenvalue weighted by Crippen LogP contribution is -2.38. The van der Waals surface area contributed by atoms with Crippen molar-refractivity contribution >= 4 is 5.91 Å². The Labute approximate surface area is 101 Å². The molecule has 0 atom stereocenters. The third-order valence-electron chi connectivity index (χ3n) is 3.06. The highest BCUT2D eigenvalue weighted by Gasteiger charge is 2.19. The molecular formula is C11H19N5O. The van der Waals surface area contributed by atoms with E-state index in [1.807, 2.05) is 0 Å². The highest BCUT2D eigenvalue weighted by Crippen LogP contribution is 2.11. The van der Waals surface area contributed by atoms with Crippen LogP contribution in [0.1, 0.15) is 25.1 Å². The number of hydrogen-bond acceptors (Lipinski definition) is 4. The van der Waals surface area contributed by atoms with Crippen molar-refractivity contribution in [3.8, 4) is 0 Å². The fourth-order valence-corrected chi connectivity index (χ4v) is 2.05. The summed E-state index contributed by atoms with van der Waals surface area (Å²) < 4.78 is 0. The molecule has 17 heavy (non-hydrogen) atoms. The van der Waals surface area contributed by atoms with Crippen molar-refractivity contribution in [2.75, 3.05) is 19.6 Å². The van der Waals surface area contributed by atoms with Gasteiger partial charge in [0.15, 0.2) is 0 Å². The summed E-state index contributed by atoms with van der Waals surface area (Å²) in [6, 6.07) is 0. The average molecular weight is 237 g/mol. The van der Waals surface area contributed by atoms with Crippen LogP contribution in [0.15, 0.2) is 6.33 Å². The van der Waals surface area contributed by atoms with Gasteiger partial charge in [-0.15, -0.1) is 0 Å². The standard InChI is InChI=1S/C11H19N5O/c17-11(9-3-6-12-7-4-9)13-5-1-2-10-14-8-15-16-10/h8-9,12H,1-7H2,(H,13,17)(H,14,15,16). The molecule has 0 radical (unpaired) electrons. The molecule has 1 aromatic rings. The van der Waals surface area contributed by atoms with Gasteiger partial charge in [0, 0.05) is 18.9 Å². The molecule has 94 valence electrons. The highest BCUT2D eigenvalue weighted by atomic mass is 16.1. The van der Waals surface area contributed by atoms with E-state index in [1.54, 1.807) is 0 Å². The molecule has 1 aliphatic rings. The second kappa shape index (κ2) is 6.34. The average Bonchev–Trinajstić information content (AvgIpc) is 2.88. The maximum Gasteiger partial charge on any atom is 0.223 e. The second-order valence-corrected chi connectivity index (χ2v) is 4.35. The predicted molar refractivity (Wildman–Crippen MR) is 63.3 cm³/mol. The molecule has 2 heterocycles. The number of nitrogens with zero attached hydrogens (tertiary/aromatic N) is 2. The molecule has 6 nitrogen and oxygen atoms in total. The zero-order valence-electron chi connectivity index (χ0n) is 9.91. The van der Waals surface area contributed by atoms with Crippen LogP contribution in [-0.2, 0) is 11.2 Å². The van der Waals surface area contributed by atoms with Crippen molar-refractivity contribution in [2.24, 2.45) is 5.92 Å². The highest BCUT2D eigenvalue weighted by molar-refractivity contribution is 5.78. The van der Waals surface area contributed by atoms with Crippen LogP contribution in [0.5, 0.6) is 0 Å². The van der Waals surface area contributed by atoms with Crippen LogP contribution in [0.4, 0.5) is 0 Å². The van der Waals surface area contributed by atoms with E-state index in [0.29, 0.717) is 6.54 Å². The summed E-state index contributed by atoms with van der Waals surface area (Å²) >= 11 is 0. The number of aryl methyl sites for hydroxylation is 1. The Morgan fingerprint density at radius 2 is 2.29 bits per heavy atom. The van der Waals surface area contributed by atoms with E-state index < -0.39 is 0 Å². The molecule has 1 amide bonds. The van der Waals surface area contributed by atoms with E-state index in [1.165, 1.54) is 6.33 Å². The van der Waals surface area contributed by atoms with Crippen molar-refractivity contribution in [3.05, 3.63) is 12.2 Å². The van der Waals surface area contributed by atoms with E-state index in [0.717, 1.165) is 44.6 Å². The fraction of sp³-hybridized carbons (Fsp3) is 0.727. The Hall–Kier alpha value is -1.43. The molecule has 2 rings (SSSR count). The number of hydrogen-bond donors (Lipinski definition) is 3. The van der Waals surface area contributed by atoms with Crippen LogP contribution in [0.2, 0.25) is 0 Å². The van der Waals surface area contributed by atoms with Crippen molar-refractivity contribution in [1.29, 1.82) is 0 Å². The Kier molecular flexibility index (Phi) is 4.49. The number of nitrogens with one attached hydrogen (secondary N) is 3. The quantitative estimate of drug-likeness (QED) is 0.622. The van der Waals surface area contributed by atoms with Crippen molar-refractivity contribution < 1.29 is 4.79 Å². The summed E-state index contributed by atoms with van der Waals surface area (Å²) in [4.78, 5) is 15.8. The molecule has 0 aromatic carbocycles. The lowest BCUT2D eigenvalue weighted by Gasteiger charge is -2.21. The minimum atomic E-state index is 0.196. The summed E-state index contributed by atoms with van der Waals surface area (Å²) in [6.07, 6.45) is 5.13. The fourth-order valence-electron chi connectivity index (χ4n) is 2.05. The molecule has 0 aliphatic carbocycles. The summed E-state index contributed by atoms with van der Waals surface area (Å²) in [5.74, 6) is 1.27. The smallest absolute Gasteiger partial charge is 0.223 e. The Morgan fingerprint density at radius 3 is 3.00 bits per heavy atom. The Balaban J connectivity index is 1.59. The maximum atomic E-state index is 11.8. The topological polar surface area (TPSA) is 82.7 Å². The van der Waals surface area contributed by atoms with Crippen LogP contribution in [0.3, 0.4) is 0 Å². The first-order valence-electron chi connectivity index (χ1n) is 6.19. The van der Waals surface area contributed by atoms with Gasteiger partial charge in [-0.05, 0) is 32.4 Å². The van der Waals surface area contributed by atoms with Crippen LogP contribution >= 0.6 is 0 Å². The van der Waals surface area contributed by atoms with Gasteiger partial charge in [0.1, 0.15) is 12.2 Å². The zero-order chi connectivity index (χ0) is 11.9. The van der Waals surface area contributed by atoms with E-state index in [2.05, 4.69) is 25.8 Å². The van der Waals surface area contributed by atoms with Crippen LogP contribution < -0.4 is 10.6 Å². The third kappa shape index (κ3) is 3.81. The van der Waals surface area contributed by atoms with Gasteiger partial charge < -0.3 is 10.6 Å². The first-order chi connectivity index (χ1) is 8.36. The predicted octanol–water partition coefficient (Wildman–Crippen LogP) is -0.147. The van der Waals surface area contributed by atoms with Crippen LogP contribution in [0.25, 0.3) is 0 Å². The van der Waals surface area contributed by atoms with Crippen molar-refractivity contribution in [2.45, 2.75) is 25.7 Å². The van der Waals surface area contributed by atoms with Gasteiger partial charge in [-0.1, -0.05) is 0 Å². The lowest BCUT2D eigenvalue weighted by molar-refractivity contribution is -0.125. The Bertz CT molecular complexity index is 332. The number of amides is 1. The van der Waals surface area contributed by atoms with E-state index in [4.69, 9.17) is 0 Å². The van der Waals surface area contributed by atoms with E-state index in [-0.39, 0.29) is 11.8 Å². The normalized spacial score (nSPS) is 16.9. The summed E-state index contributed by atoms with van der Waals surface area (Å²) in [7, 11) is 0. The molecule has 1 aromatic heterocycles. The van der Waals surface area contributed by atoms with Crippen LogP contribution in [-0.4, -0.2) is 40.7 Å². The van der Waals surface area contributed by atoms with Gasteiger partial charge in [-0.3, -0.25) is 9.89 Å². The van der Waals surface area contributed by atoms with Gasteiger partial charge >= 0.3 is 0 Å². The van der Waals surface area contributed by atoms with Gasteiger partial charge in [0.05, 0.1) is 0 Å². The largest absolute Gasteiger partial charge is 0.356 e. The maximum absolute atomic E-state index is 11.8. The number of carbonyl (C=O) groups excluding carboxylic acids is 1. The van der Waals surface area contributed by atoms with E-state index >= 15 is 0 Å². The molecule has 0 saturated carbocycles. The van der Waals surface area contributed by atoms with Gasteiger partial charge in [-0.2, -0.15) is 5.10 Å². The first kappa shape index (κ1) is 12.0. The minimum Gasteiger partial charge on any atom is -0.356 e. The van der Waals surface area contributed by atoms with E-state index in [9.17, 15) is 4.79 Å². The first-order valence-corrected chi connectivity index (χ1v) is 6.19. The van der Waals surface area contributed by atoms with Gasteiger partial charge in [-0.25, -0.2) is 4.98 Å². The number of piperidine rings is 1. The minimum absolute atomic E-state index is 0.196.